The number of aromatic carboxylic acids is 1. The van der Waals surface area contributed by atoms with Gasteiger partial charge in [0, 0.05) is 5.69 Å². The molecule has 1 heterocycles. The predicted molar refractivity (Wildman–Crippen MR) is 70.8 cm³/mol. The van der Waals surface area contributed by atoms with Gasteiger partial charge in [-0.05, 0) is 18.2 Å². The normalized spacial score (nSPS) is 32.7. The summed E-state index contributed by atoms with van der Waals surface area (Å²) in [4.78, 5) is 10.9. The molecule has 0 spiro atoms. The number of carboxylic acids is 1. The second kappa shape index (κ2) is 6.37. The summed E-state index contributed by atoms with van der Waals surface area (Å²) in [6, 6.07) is 5.81. The Morgan fingerprint density at radius 3 is 2.52 bits per heavy atom. The van der Waals surface area contributed by atoms with E-state index in [-0.39, 0.29) is 5.56 Å². The summed E-state index contributed by atoms with van der Waals surface area (Å²) in [5.74, 6) is -1.10. The highest BCUT2D eigenvalue weighted by Gasteiger charge is 2.43. The van der Waals surface area contributed by atoms with Crippen molar-refractivity contribution in [3.63, 3.8) is 0 Å². The van der Waals surface area contributed by atoms with E-state index in [1.54, 1.807) is 6.07 Å². The van der Waals surface area contributed by atoms with Crippen molar-refractivity contribution >= 4 is 11.7 Å². The van der Waals surface area contributed by atoms with Crippen LogP contribution in [0.15, 0.2) is 24.3 Å². The van der Waals surface area contributed by atoms with E-state index >= 15 is 0 Å². The van der Waals surface area contributed by atoms with Crippen LogP contribution in [-0.4, -0.2) is 68.8 Å². The fraction of sp³-hybridized carbons (Fsp3) is 0.462. The number of carbonyl (C=O) groups is 1. The van der Waals surface area contributed by atoms with Crippen LogP contribution in [0.2, 0.25) is 0 Å². The molecule has 0 saturated carbocycles. The van der Waals surface area contributed by atoms with Crippen LogP contribution in [0.1, 0.15) is 10.4 Å². The Labute approximate surface area is 120 Å². The summed E-state index contributed by atoms with van der Waals surface area (Å²) in [6.45, 7) is -0.529. The van der Waals surface area contributed by atoms with Crippen LogP contribution in [0.3, 0.4) is 0 Å². The standard InChI is InChI=1S/C13H17NO7/c15-5-8-9(16)10(17)11(18)12(21-8)14-7-3-1-2-6(4-7)13(19)20/h1-4,8-12,14-18H,5H2,(H,19,20)/t8-,9-,10-,11-,12-/m1/s1. The third-order valence-corrected chi connectivity index (χ3v) is 3.31. The Hall–Kier alpha value is -1.71. The van der Waals surface area contributed by atoms with Crippen LogP contribution in [0.4, 0.5) is 5.69 Å². The molecule has 0 amide bonds. The number of anilines is 1. The Morgan fingerprint density at radius 2 is 1.90 bits per heavy atom. The molecule has 0 unspecified atom stereocenters. The van der Waals surface area contributed by atoms with E-state index in [4.69, 9.17) is 14.9 Å². The summed E-state index contributed by atoms with van der Waals surface area (Å²) in [5.41, 5.74) is 0.406. The van der Waals surface area contributed by atoms with Crippen molar-refractivity contribution in [1.29, 1.82) is 0 Å². The highest BCUT2D eigenvalue weighted by atomic mass is 16.6. The maximum atomic E-state index is 10.9. The van der Waals surface area contributed by atoms with Gasteiger partial charge in [0.05, 0.1) is 12.2 Å². The van der Waals surface area contributed by atoms with Crippen molar-refractivity contribution < 1.29 is 35.1 Å². The zero-order valence-corrected chi connectivity index (χ0v) is 11.0. The van der Waals surface area contributed by atoms with Gasteiger partial charge in [-0.2, -0.15) is 0 Å². The Kier molecular flexibility index (Phi) is 4.76. The molecule has 0 bridgehead atoms. The molecule has 0 aromatic heterocycles. The first-order valence-corrected chi connectivity index (χ1v) is 6.34. The molecular weight excluding hydrogens is 282 g/mol. The number of hydrogen-bond acceptors (Lipinski definition) is 7. The van der Waals surface area contributed by atoms with Crippen molar-refractivity contribution in [2.75, 3.05) is 11.9 Å². The number of benzene rings is 1. The largest absolute Gasteiger partial charge is 0.478 e. The average Bonchev–Trinajstić information content (AvgIpc) is 2.48. The van der Waals surface area contributed by atoms with Gasteiger partial charge >= 0.3 is 5.97 Å². The van der Waals surface area contributed by atoms with Gasteiger partial charge in [-0.15, -0.1) is 0 Å². The summed E-state index contributed by atoms with van der Waals surface area (Å²) >= 11 is 0. The monoisotopic (exact) mass is 299 g/mol. The SMILES string of the molecule is O=C(O)c1cccc(N[C@@H]2O[C@H](CO)[C@@H](O)[C@@H](O)[C@H]2O)c1. The van der Waals surface area contributed by atoms with Gasteiger partial charge in [-0.1, -0.05) is 6.07 Å². The van der Waals surface area contributed by atoms with Crippen molar-refractivity contribution in [2.24, 2.45) is 0 Å². The van der Waals surface area contributed by atoms with Gasteiger partial charge in [0.15, 0.2) is 6.23 Å². The fourth-order valence-electron chi connectivity index (χ4n) is 2.13. The lowest BCUT2D eigenvalue weighted by atomic mass is 9.98. The van der Waals surface area contributed by atoms with Gasteiger partial charge in [-0.25, -0.2) is 4.79 Å². The minimum Gasteiger partial charge on any atom is -0.478 e. The van der Waals surface area contributed by atoms with E-state index < -0.39 is 43.2 Å². The van der Waals surface area contributed by atoms with E-state index in [0.717, 1.165) is 0 Å². The number of hydrogen-bond donors (Lipinski definition) is 6. The van der Waals surface area contributed by atoms with Crippen molar-refractivity contribution in [1.82, 2.24) is 0 Å². The molecule has 6 N–H and O–H groups in total. The molecule has 1 aromatic carbocycles. The van der Waals surface area contributed by atoms with Crippen LogP contribution >= 0.6 is 0 Å². The molecule has 1 aliphatic heterocycles. The Bertz CT molecular complexity index is 507. The first kappa shape index (κ1) is 15.7. The summed E-state index contributed by atoms with van der Waals surface area (Å²) in [5, 5.41) is 49.9. The van der Waals surface area contributed by atoms with Gasteiger partial charge in [0.25, 0.3) is 0 Å². The molecule has 0 aliphatic carbocycles. The number of rotatable bonds is 4. The van der Waals surface area contributed by atoms with Gasteiger partial charge in [0.2, 0.25) is 0 Å². The lowest BCUT2D eigenvalue weighted by molar-refractivity contribution is -0.221. The predicted octanol–water partition coefficient (Wildman–Crippen LogP) is -1.40. The molecule has 0 radical (unpaired) electrons. The highest BCUT2D eigenvalue weighted by Crippen LogP contribution is 2.23. The number of aliphatic hydroxyl groups excluding tert-OH is 4. The van der Waals surface area contributed by atoms with Crippen LogP contribution in [0.25, 0.3) is 0 Å². The topological polar surface area (TPSA) is 139 Å². The lowest BCUT2D eigenvalue weighted by Gasteiger charge is -2.40. The molecule has 1 fully saturated rings. The van der Waals surface area contributed by atoms with Crippen LogP contribution in [-0.2, 0) is 4.74 Å². The average molecular weight is 299 g/mol. The number of ether oxygens (including phenoxy) is 1. The minimum atomic E-state index is -1.49. The van der Waals surface area contributed by atoms with Crippen molar-refractivity contribution in [3.8, 4) is 0 Å². The van der Waals surface area contributed by atoms with Crippen LogP contribution in [0.5, 0.6) is 0 Å². The maximum absolute atomic E-state index is 10.9. The van der Waals surface area contributed by atoms with Crippen LogP contribution in [0, 0.1) is 0 Å². The summed E-state index contributed by atoms with van der Waals surface area (Å²) < 4.78 is 5.27. The first-order chi connectivity index (χ1) is 9.93. The molecule has 8 nitrogen and oxygen atoms in total. The molecule has 1 aliphatic rings. The zero-order valence-electron chi connectivity index (χ0n) is 11.0. The molecular formula is C13H17NO7. The molecule has 116 valence electrons. The number of aliphatic hydroxyl groups is 4. The van der Waals surface area contributed by atoms with E-state index in [0.29, 0.717) is 5.69 Å². The van der Waals surface area contributed by atoms with Gasteiger partial charge in [0.1, 0.15) is 24.4 Å². The molecule has 1 aromatic rings. The minimum absolute atomic E-state index is 0.0459. The smallest absolute Gasteiger partial charge is 0.335 e. The lowest BCUT2D eigenvalue weighted by Crippen LogP contribution is -2.60. The molecule has 1 saturated heterocycles. The van der Waals surface area contributed by atoms with E-state index in [1.807, 2.05) is 0 Å². The van der Waals surface area contributed by atoms with Gasteiger partial charge < -0.3 is 35.6 Å². The van der Waals surface area contributed by atoms with Crippen molar-refractivity contribution in [2.45, 2.75) is 30.6 Å². The molecule has 8 heteroatoms. The highest BCUT2D eigenvalue weighted by molar-refractivity contribution is 5.88. The number of carboxylic acid groups (broad SMARTS) is 1. The third kappa shape index (κ3) is 3.31. The number of nitrogens with one attached hydrogen (secondary N) is 1. The molecule has 2 rings (SSSR count). The zero-order chi connectivity index (χ0) is 15.6. The fourth-order valence-corrected chi connectivity index (χ4v) is 2.13. The van der Waals surface area contributed by atoms with Gasteiger partial charge in [-0.3, -0.25) is 0 Å². The van der Waals surface area contributed by atoms with Crippen molar-refractivity contribution in [3.05, 3.63) is 29.8 Å². The van der Waals surface area contributed by atoms with Crippen LogP contribution < -0.4 is 5.32 Å². The maximum Gasteiger partial charge on any atom is 0.335 e. The van der Waals surface area contributed by atoms with E-state index in [2.05, 4.69) is 5.32 Å². The summed E-state index contributed by atoms with van der Waals surface area (Å²) in [6.07, 6.45) is -6.48. The quantitative estimate of drug-likeness (QED) is 0.399. The van der Waals surface area contributed by atoms with E-state index in [1.165, 1.54) is 18.2 Å². The molecule has 21 heavy (non-hydrogen) atoms. The Morgan fingerprint density at radius 1 is 1.19 bits per heavy atom. The second-order valence-electron chi connectivity index (χ2n) is 4.78. The first-order valence-electron chi connectivity index (χ1n) is 6.34. The Balaban J connectivity index is 2.14. The summed E-state index contributed by atoms with van der Waals surface area (Å²) in [7, 11) is 0. The van der Waals surface area contributed by atoms with E-state index in [9.17, 15) is 20.1 Å². The third-order valence-electron chi connectivity index (χ3n) is 3.31. The second-order valence-corrected chi connectivity index (χ2v) is 4.78. The molecule has 5 atom stereocenters.